The molecule has 158 valence electrons. The lowest BCUT2D eigenvalue weighted by Gasteiger charge is -2.56. The Morgan fingerprint density at radius 2 is 1.90 bits per heavy atom. The summed E-state index contributed by atoms with van der Waals surface area (Å²) in [5.74, 6) is 4.48. The average Bonchev–Trinajstić information content (AvgIpc) is 3.05. The van der Waals surface area contributed by atoms with Crippen molar-refractivity contribution in [2.24, 2.45) is 23.2 Å². The van der Waals surface area contributed by atoms with Gasteiger partial charge in [0.2, 0.25) is 0 Å². The molecule has 2 aromatic rings. The highest BCUT2D eigenvalue weighted by Gasteiger charge is 2.51. The maximum absolute atomic E-state index is 10.8. The van der Waals surface area contributed by atoms with Crippen LogP contribution < -0.4 is 9.46 Å². The minimum atomic E-state index is -2.33. The standard InChI is InChI=1S/C21H30N4O3S/c1-13(2)17-11-25-19(23-24-20(25)10-22-29(26)27)6-18(17)28-12-21-7-14-3-15(8-21)5-16(4-14)9-21/h6,11,13-16,22H,3-5,7-10,12H2,1-2H3,(H,26,27)/p-1. The highest BCUT2D eigenvalue weighted by Crippen LogP contribution is 2.60. The summed E-state index contributed by atoms with van der Waals surface area (Å²) >= 11 is -2.33. The molecule has 29 heavy (non-hydrogen) atoms. The van der Waals surface area contributed by atoms with Crippen molar-refractivity contribution in [1.82, 2.24) is 19.3 Å². The van der Waals surface area contributed by atoms with E-state index in [1.165, 1.54) is 38.5 Å². The van der Waals surface area contributed by atoms with Crippen molar-refractivity contribution in [1.29, 1.82) is 0 Å². The molecular formula is C21H29N4O3S-. The molecular weight excluding hydrogens is 388 g/mol. The van der Waals surface area contributed by atoms with Gasteiger partial charge in [-0.3, -0.25) is 8.61 Å². The minimum Gasteiger partial charge on any atom is -0.760 e. The number of hydrogen-bond donors (Lipinski definition) is 1. The van der Waals surface area contributed by atoms with Crippen molar-refractivity contribution in [2.45, 2.75) is 64.8 Å². The molecule has 8 heteroatoms. The van der Waals surface area contributed by atoms with E-state index in [1.54, 1.807) is 0 Å². The molecule has 1 N–H and O–H groups in total. The lowest BCUT2D eigenvalue weighted by molar-refractivity contribution is -0.0746. The Kier molecular flexibility index (Phi) is 4.91. The van der Waals surface area contributed by atoms with Crippen LogP contribution in [-0.4, -0.2) is 30.0 Å². The molecule has 4 aliphatic carbocycles. The molecule has 2 aromatic heterocycles. The summed E-state index contributed by atoms with van der Waals surface area (Å²) in [5, 5.41) is 8.37. The van der Waals surface area contributed by atoms with Crippen molar-refractivity contribution in [3.05, 3.63) is 23.7 Å². The Labute approximate surface area is 174 Å². The Hall–Kier alpha value is -1.51. The molecule has 4 fully saturated rings. The number of fused-ring (bicyclic) bond motifs is 1. The predicted molar refractivity (Wildman–Crippen MR) is 109 cm³/mol. The fourth-order valence-electron chi connectivity index (χ4n) is 6.48. The fraction of sp³-hybridized carbons (Fsp3) is 0.714. The van der Waals surface area contributed by atoms with Crippen molar-refractivity contribution in [2.75, 3.05) is 6.61 Å². The normalized spacial score (nSPS) is 31.7. The number of rotatable bonds is 7. The van der Waals surface area contributed by atoms with Crippen LogP contribution in [0.1, 0.15) is 69.7 Å². The number of hydrogen-bond acceptors (Lipinski definition) is 5. The molecule has 7 nitrogen and oxygen atoms in total. The van der Waals surface area contributed by atoms with Gasteiger partial charge in [0.15, 0.2) is 11.5 Å². The largest absolute Gasteiger partial charge is 0.760 e. The fourth-order valence-corrected chi connectivity index (χ4v) is 6.73. The molecule has 1 unspecified atom stereocenters. The van der Waals surface area contributed by atoms with E-state index >= 15 is 0 Å². The van der Waals surface area contributed by atoms with E-state index in [0.29, 0.717) is 16.9 Å². The zero-order valence-corrected chi connectivity index (χ0v) is 17.9. The number of nitrogens with zero attached hydrogens (tertiary/aromatic N) is 3. The molecule has 0 amide bonds. The van der Waals surface area contributed by atoms with E-state index in [0.717, 1.165) is 35.7 Å². The monoisotopic (exact) mass is 417 g/mol. The van der Waals surface area contributed by atoms with Crippen LogP contribution in [0.25, 0.3) is 5.65 Å². The van der Waals surface area contributed by atoms with Gasteiger partial charge in [0.25, 0.3) is 0 Å². The molecule has 2 heterocycles. The van der Waals surface area contributed by atoms with Gasteiger partial charge < -0.3 is 9.29 Å². The van der Waals surface area contributed by atoms with Crippen LogP contribution in [-0.2, 0) is 17.8 Å². The molecule has 0 spiro atoms. The maximum atomic E-state index is 10.8. The Balaban J connectivity index is 1.39. The molecule has 0 radical (unpaired) electrons. The Morgan fingerprint density at radius 3 is 2.48 bits per heavy atom. The summed E-state index contributed by atoms with van der Waals surface area (Å²) in [5.41, 5.74) is 2.14. The highest BCUT2D eigenvalue weighted by atomic mass is 32.2. The van der Waals surface area contributed by atoms with Crippen LogP contribution in [0, 0.1) is 23.2 Å². The molecule has 4 aliphatic rings. The second-order valence-electron chi connectivity index (χ2n) is 9.85. The minimum absolute atomic E-state index is 0.113. The Morgan fingerprint density at radius 1 is 1.24 bits per heavy atom. The molecule has 0 aliphatic heterocycles. The first-order chi connectivity index (χ1) is 13.9. The number of aromatic nitrogens is 3. The molecule has 0 aromatic carbocycles. The van der Waals surface area contributed by atoms with E-state index in [1.807, 2.05) is 16.7 Å². The molecule has 6 rings (SSSR count). The number of ether oxygens (including phenoxy) is 1. The second kappa shape index (κ2) is 7.32. The van der Waals surface area contributed by atoms with E-state index in [4.69, 9.17) is 4.74 Å². The van der Waals surface area contributed by atoms with Crippen molar-refractivity contribution < 1.29 is 13.5 Å². The van der Waals surface area contributed by atoms with Crippen LogP contribution in [0.5, 0.6) is 5.75 Å². The first-order valence-corrected chi connectivity index (χ1v) is 11.8. The van der Waals surface area contributed by atoms with Crippen molar-refractivity contribution >= 4 is 16.9 Å². The van der Waals surface area contributed by atoms with Crippen LogP contribution in [0.2, 0.25) is 0 Å². The van der Waals surface area contributed by atoms with Gasteiger partial charge in [-0.2, -0.15) is 0 Å². The SMILES string of the molecule is CC(C)c1cn2c(CNS(=O)[O-])nnc2cc1OCC12CC3CC(CC(C3)C1)C2. The van der Waals surface area contributed by atoms with Crippen molar-refractivity contribution in [3.63, 3.8) is 0 Å². The van der Waals surface area contributed by atoms with Gasteiger partial charge in [-0.05, 0) is 62.2 Å². The smallest absolute Gasteiger partial charge is 0.164 e. The summed E-state index contributed by atoms with van der Waals surface area (Å²) in [6.07, 6.45) is 10.3. The van der Waals surface area contributed by atoms with Gasteiger partial charge in [0, 0.05) is 34.5 Å². The van der Waals surface area contributed by atoms with Crippen LogP contribution in [0.4, 0.5) is 0 Å². The summed E-state index contributed by atoms with van der Waals surface area (Å²) < 4.78 is 32.4. The van der Waals surface area contributed by atoms with Crippen molar-refractivity contribution in [3.8, 4) is 5.75 Å². The van der Waals surface area contributed by atoms with Gasteiger partial charge >= 0.3 is 0 Å². The van der Waals surface area contributed by atoms with E-state index in [-0.39, 0.29) is 12.5 Å². The van der Waals surface area contributed by atoms with Crippen LogP contribution in [0.3, 0.4) is 0 Å². The third-order valence-electron chi connectivity index (χ3n) is 7.27. The average molecular weight is 418 g/mol. The predicted octanol–water partition coefficient (Wildman–Crippen LogP) is 3.33. The first kappa shape index (κ1) is 19.5. The molecule has 0 saturated heterocycles. The van der Waals surface area contributed by atoms with Gasteiger partial charge in [-0.1, -0.05) is 13.8 Å². The van der Waals surface area contributed by atoms with Crippen LogP contribution in [0.15, 0.2) is 12.3 Å². The third kappa shape index (κ3) is 3.70. The summed E-state index contributed by atoms with van der Waals surface area (Å²) in [4.78, 5) is 0. The van der Waals surface area contributed by atoms with E-state index < -0.39 is 11.3 Å². The van der Waals surface area contributed by atoms with Gasteiger partial charge in [0.1, 0.15) is 5.75 Å². The molecule has 4 bridgehead atoms. The second-order valence-corrected chi connectivity index (χ2v) is 10.6. The Bertz CT molecular complexity index is 906. The van der Waals surface area contributed by atoms with Crippen LogP contribution >= 0.6 is 0 Å². The van der Waals surface area contributed by atoms with Gasteiger partial charge in [0.05, 0.1) is 13.2 Å². The topological polar surface area (TPSA) is 91.6 Å². The summed E-state index contributed by atoms with van der Waals surface area (Å²) in [6, 6.07) is 1.96. The lowest BCUT2D eigenvalue weighted by Crippen LogP contribution is -2.48. The summed E-state index contributed by atoms with van der Waals surface area (Å²) in [7, 11) is 0. The quantitative estimate of drug-likeness (QED) is 0.698. The van der Waals surface area contributed by atoms with E-state index in [2.05, 4.69) is 28.8 Å². The number of nitrogens with one attached hydrogen (secondary N) is 1. The maximum Gasteiger partial charge on any atom is 0.164 e. The van der Waals surface area contributed by atoms with Gasteiger partial charge in [-0.15, -0.1) is 10.2 Å². The van der Waals surface area contributed by atoms with E-state index in [9.17, 15) is 8.76 Å². The summed E-state index contributed by atoms with van der Waals surface area (Å²) in [6.45, 7) is 5.20. The zero-order chi connectivity index (χ0) is 20.2. The molecule has 4 saturated carbocycles. The first-order valence-electron chi connectivity index (χ1n) is 10.7. The molecule has 1 atom stereocenters. The number of pyridine rings is 1. The lowest BCUT2D eigenvalue weighted by atomic mass is 9.50. The van der Waals surface area contributed by atoms with Gasteiger partial charge in [-0.25, -0.2) is 4.72 Å². The third-order valence-corrected chi connectivity index (χ3v) is 7.65. The zero-order valence-electron chi connectivity index (χ0n) is 17.1. The highest BCUT2D eigenvalue weighted by molar-refractivity contribution is 7.77.